The van der Waals surface area contributed by atoms with Crippen LogP contribution < -0.4 is 5.73 Å². The summed E-state index contributed by atoms with van der Waals surface area (Å²) < 4.78 is 2.14. The first-order valence-corrected chi connectivity index (χ1v) is 9.25. The number of amidine groups is 1. The normalized spacial score (nSPS) is 20.5. The monoisotopic (exact) mass is 438 g/mol. The van der Waals surface area contributed by atoms with Crippen molar-refractivity contribution in [3.05, 3.63) is 80.2 Å². The van der Waals surface area contributed by atoms with Crippen molar-refractivity contribution in [2.75, 3.05) is 0 Å². The van der Waals surface area contributed by atoms with Crippen molar-refractivity contribution in [2.45, 2.75) is 5.41 Å². The molecule has 0 bridgehead atoms. The number of nitrogens with two attached hydrogens (primary N) is 1. The number of halogens is 2. The average molecular weight is 440 g/mol. The summed E-state index contributed by atoms with van der Waals surface area (Å²) >= 11 is 7.12. The molecule has 2 N–H and O–H groups in total. The van der Waals surface area contributed by atoms with Gasteiger partial charge in [-0.05, 0) is 52.2 Å². The summed E-state index contributed by atoms with van der Waals surface area (Å²) in [4.78, 5) is 4.70. The van der Waals surface area contributed by atoms with E-state index in [0.717, 1.165) is 14.6 Å². The second kappa shape index (κ2) is 4.80. The van der Waals surface area contributed by atoms with Crippen molar-refractivity contribution in [3.63, 3.8) is 0 Å². The zero-order valence-electron chi connectivity index (χ0n) is 12.6. The third-order valence-electron chi connectivity index (χ3n) is 4.95. The molecule has 5 rings (SSSR count). The standard InChI is InChI=1S/C20H12Br2N2/c21-13-2-4-15-11(9-13)1-6-17-18(15)20(19(23)24-17)8-7-12-10-14(22)3-5-16(12)20/h1-10H,(H2,23,24). The van der Waals surface area contributed by atoms with E-state index in [1.807, 2.05) is 0 Å². The van der Waals surface area contributed by atoms with Gasteiger partial charge < -0.3 is 5.73 Å². The van der Waals surface area contributed by atoms with Crippen LogP contribution in [0, 0.1) is 0 Å². The van der Waals surface area contributed by atoms with Gasteiger partial charge in [-0.2, -0.15) is 0 Å². The molecule has 2 nitrogen and oxygen atoms in total. The Kier molecular flexibility index (Phi) is 2.89. The molecule has 4 heteroatoms. The van der Waals surface area contributed by atoms with Crippen LogP contribution in [0.5, 0.6) is 0 Å². The van der Waals surface area contributed by atoms with Crippen molar-refractivity contribution >= 4 is 60.2 Å². The minimum Gasteiger partial charge on any atom is -0.386 e. The van der Waals surface area contributed by atoms with Crippen molar-refractivity contribution in [1.82, 2.24) is 0 Å². The lowest BCUT2D eigenvalue weighted by Crippen LogP contribution is -2.37. The maximum absolute atomic E-state index is 6.48. The van der Waals surface area contributed by atoms with Crippen LogP contribution in [0.1, 0.15) is 16.7 Å². The molecule has 0 amide bonds. The molecule has 3 aromatic rings. The first-order valence-electron chi connectivity index (χ1n) is 7.66. The Hall–Kier alpha value is -1.91. The fourth-order valence-electron chi connectivity index (χ4n) is 3.92. The highest BCUT2D eigenvalue weighted by atomic mass is 79.9. The highest BCUT2D eigenvalue weighted by molar-refractivity contribution is 9.10. The predicted molar refractivity (Wildman–Crippen MR) is 107 cm³/mol. The molecule has 116 valence electrons. The fourth-order valence-corrected chi connectivity index (χ4v) is 4.68. The van der Waals surface area contributed by atoms with E-state index >= 15 is 0 Å². The summed E-state index contributed by atoms with van der Waals surface area (Å²) in [5.41, 5.74) is 10.5. The summed E-state index contributed by atoms with van der Waals surface area (Å²) in [5, 5.41) is 2.38. The van der Waals surface area contributed by atoms with Crippen LogP contribution in [0.2, 0.25) is 0 Å². The van der Waals surface area contributed by atoms with E-state index in [9.17, 15) is 0 Å². The molecule has 1 heterocycles. The molecule has 0 saturated carbocycles. The second-order valence-corrected chi connectivity index (χ2v) is 8.03. The van der Waals surface area contributed by atoms with Crippen LogP contribution in [0.4, 0.5) is 5.69 Å². The molecule has 1 spiro atoms. The lowest BCUT2D eigenvalue weighted by Gasteiger charge is -2.26. The Bertz CT molecular complexity index is 1100. The predicted octanol–water partition coefficient (Wildman–Crippen LogP) is 5.68. The van der Waals surface area contributed by atoms with E-state index in [1.165, 1.54) is 27.5 Å². The zero-order valence-corrected chi connectivity index (χ0v) is 15.7. The molecule has 0 radical (unpaired) electrons. The van der Waals surface area contributed by atoms with Crippen molar-refractivity contribution in [2.24, 2.45) is 10.7 Å². The van der Waals surface area contributed by atoms with Gasteiger partial charge in [0.15, 0.2) is 0 Å². The third-order valence-corrected chi connectivity index (χ3v) is 5.94. The Labute approximate surface area is 156 Å². The summed E-state index contributed by atoms with van der Waals surface area (Å²) in [6.07, 6.45) is 4.34. The fraction of sp³-hybridized carbons (Fsp3) is 0.0500. The van der Waals surface area contributed by atoms with Crippen LogP contribution >= 0.6 is 31.9 Å². The minimum absolute atomic E-state index is 0.460. The molecule has 1 aliphatic heterocycles. The summed E-state index contributed by atoms with van der Waals surface area (Å²) in [7, 11) is 0. The Morgan fingerprint density at radius 2 is 1.71 bits per heavy atom. The zero-order chi connectivity index (χ0) is 16.5. The van der Waals surface area contributed by atoms with Crippen LogP contribution in [0.15, 0.2) is 68.5 Å². The molecule has 2 aliphatic rings. The number of hydrogen-bond donors (Lipinski definition) is 1. The summed E-state index contributed by atoms with van der Waals surface area (Å²) in [5.74, 6) is 0.644. The summed E-state index contributed by atoms with van der Waals surface area (Å²) in [6, 6.07) is 16.9. The van der Waals surface area contributed by atoms with E-state index in [-0.39, 0.29) is 0 Å². The summed E-state index contributed by atoms with van der Waals surface area (Å²) in [6.45, 7) is 0. The molecular weight excluding hydrogens is 428 g/mol. The highest BCUT2D eigenvalue weighted by Gasteiger charge is 2.46. The molecule has 0 fully saturated rings. The van der Waals surface area contributed by atoms with Crippen molar-refractivity contribution in [1.29, 1.82) is 0 Å². The third kappa shape index (κ3) is 1.73. The molecular formula is C20H12Br2N2. The van der Waals surface area contributed by atoms with Gasteiger partial charge in [0.25, 0.3) is 0 Å². The van der Waals surface area contributed by atoms with Gasteiger partial charge in [-0.15, -0.1) is 0 Å². The first-order chi connectivity index (χ1) is 11.6. The second-order valence-electron chi connectivity index (χ2n) is 6.20. The molecule has 1 atom stereocenters. The largest absolute Gasteiger partial charge is 0.386 e. The van der Waals surface area contributed by atoms with Crippen LogP contribution in [-0.4, -0.2) is 5.84 Å². The van der Waals surface area contributed by atoms with Gasteiger partial charge in [-0.3, -0.25) is 0 Å². The average Bonchev–Trinajstić information content (AvgIpc) is 3.07. The number of aliphatic imine (C=N–C) groups is 1. The Morgan fingerprint density at radius 1 is 0.917 bits per heavy atom. The first kappa shape index (κ1) is 14.4. The molecule has 24 heavy (non-hydrogen) atoms. The van der Waals surface area contributed by atoms with E-state index in [2.05, 4.69) is 92.5 Å². The lowest BCUT2D eigenvalue weighted by molar-refractivity contribution is 0.911. The topological polar surface area (TPSA) is 38.4 Å². The van der Waals surface area contributed by atoms with E-state index in [4.69, 9.17) is 10.7 Å². The Balaban J connectivity index is 1.90. The van der Waals surface area contributed by atoms with Gasteiger partial charge in [0.05, 0.1) is 11.1 Å². The molecule has 1 aliphatic carbocycles. The highest BCUT2D eigenvalue weighted by Crippen LogP contribution is 2.52. The number of fused-ring (bicyclic) bond motifs is 6. The number of benzene rings is 3. The minimum atomic E-state index is -0.460. The van der Waals surface area contributed by atoms with Crippen LogP contribution in [0.3, 0.4) is 0 Å². The van der Waals surface area contributed by atoms with Crippen LogP contribution in [-0.2, 0) is 5.41 Å². The number of hydrogen-bond acceptors (Lipinski definition) is 2. The van der Waals surface area contributed by atoms with Gasteiger partial charge in [0, 0.05) is 14.5 Å². The van der Waals surface area contributed by atoms with Gasteiger partial charge in [0.1, 0.15) is 5.84 Å². The van der Waals surface area contributed by atoms with E-state index in [0.29, 0.717) is 5.84 Å². The molecule has 3 aromatic carbocycles. The number of rotatable bonds is 0. The quantitative estimate of drug-likeness (QED) is 0.480. The van der Waals surface area contributed by atoms with Gasteiger partial charge in [-0.25, -0.2) is 4.99 Å². The smallest absolute Gasteiger partial charge is 0.119 e. The maximum atomic E-state index is 6.48. The van der Waals surface area contributed by atoms with Gasteiger partial charge >= 0.3 is 0 Å². The van der Waals surface area contributed by atoms with Gasteiger partial charge in [0.2, 0.25) is 0 Å². The van der Waals surface area contributed by atoms with Crippen molar-refractivity contribution < 1.29 is 0 Å². The van der Waals surface area contributed by atoms with Crippen LogP contribution in [0.25, 0.3) is 16.8 Å². The Morgan fingerprint density at radius 3 is 2.58 bits per heavy atom. The van der Waals surface area contributed by atoms with E-state index in [1.54, 1.807) is 0 Å². The molecule has 1 unspecified atom stereocenters. The maximum Gasteiger partial charge on any atom is 0.119 e. The lowest BCUT2D eigenvalue weighted by atomic mass is 9.74. The van der Waals surface area contributed by atoms with Gasteiger partial charge in [-0.1, -0.05) is 62.2 Å². The van der Waals surface area contributed by atoms with E-state index < -0.39 is 5.41 Å². The van der Waals surface area contributed by atoms with Crippen molar-refractivity contribution in [3.8, 4) is 0 Å². The molecule has 0 aromatic heterocycles. The SMILES string of the molecule is NC1=Nc2ccc3cc(Br)ccc3c2C12C=Cc1cc(Br)ccc12. The molecule has 0 saturated heterocycles. The number of nitrogens with zero attached hydrogens (tertiary/aromatic N) is 1.